The van der Waals surface area contributed by atoms with E-state index in [2.05, 4.69) is 16.2 Å². The summed E-state index contributed by atoms with van der Waals surface area (Å²) in [4.78, 5) is 31.5. The van der Waals surface area contributed by atoms with E-state index in [4.69, 9.17) is 6.42 Å². The van der Waals surface area contributed by atoms with Crippen LogP contribution in [0.4, 0.5) is 0 Å². The average Bonchev–Trinajstić information content (AvgIpc) is 2.96. The van der Waals surface area contributed by atoms with Gasteiger partial charge in [-0.1, -0.05) is 17.7 Å². The standard InChI is InChI=1S/C17H19N3O2S2/c1-3-9-18-13(21)10-23-17-19-15-14(16(22)20(17)4-2)11-7-5-6-8-12(11)24-15/h1H,4-10H2,2H3,(H,18,21). The average molecular weight is 361 g/mol. The number of carbonyl (C=O) groups is 1. The minimum Gasteiger partial charge on any atom is -0.344 e. The Kier molecular flexibility index (Phi) is 5.27. The van der Waals surface area contributed by atoms with Crippen LogP contribution in [-0.2, 0) is 24.2 Å². The SMILES string of the molecule is C#CCNC(=O)CSc1nc2sc3c(c2c(=O)n1CC)CCCC3. The Bertz CT molecular complexity index is 877. The van der Waals surface area contributed by atoms with Gasteiger partial charge in [-0.3, -0.25) is 14.2 Å². The number of aromatic nitrogens is 2. The highest BCUT2D eigenvalue weighted by Gasteiger charge is 2.22. The zero-order valence-corrected chi connectivity index (χ0v) is 15.2. The molecular formula is C17H19N3O2S2. The Hall–Kier alpha value is -1.78. The lowest BCUT2D eigenvalue weighted by atomic mass is 9.97. The third-order valence-electron chi connectivity index (χ3n) is 4.08. The molecule has 2 aromatic rings. The Morgan fingerprint density at radius 1 is 1.46 bits per heavy atom. The van der Waals surface area contributed by atoms with E-state index in [0.29, 0.717) is 11.7 Å². The van der Waals surface area contributed by atoms with E-state index in [1.165, 1.54) is 28.6 Å². The van der Waals surface area contributed by atoms with Gasteiger partial charge in [-0.15, -0.1) is 17.8 Å². The van der Waals surface area contributed by atoms with Crippen LogP contribution in [0.3, 0.4) is 0 Å². The molecule has 0 saturated heterocycles. The third-order valence-corrected chi connectivity index (χ3v) is 6.24. The molecule has 3 rings (SSSR count). The van der Waals surface area contributed by atoms with Crippen molar-refractivity contribution in [1.29, 1.82) is 0 Å². The van der Waals surface area contributed by atoms with Gasteiger partial charge in [-0.2, -0.15) is 0 Å². The van der Waals surface area contributed by atoms with Gasteiger partial charge in [0.05, 0.1) is 17.7 Å². The van der Waals surface area contributed by atoms with Gasteiger partial charge in [0.2, 0.25) is 5.91 Å². The van der Waals surface area contributed by atoms with Gasteiger partial charge < -0.3 is 5.32 Å². The van der Waals surface area contributed by atoms with Crippen molar-refractivity contribution in [2.24, 2.45) is 0 Å². The van der Waals surface area contributed by atoms with Crippen molar-refractivity contribution >= 4 is 39.2 Å². The number of fused-ring (bicyclic) bond motifs is 3. The van der Waals surface area contributed by atoms with Crippen molar-refractivity contribution in [2.45, 2.75) is 44.3 Å². The predicted molar refractivity (Wildman–Crippen MR) is 98.8 cm³/mol. The molecule has 0 unspecified atom stereocenters. The summed E-state index contributed by atoms with van der Waals surface area (Å²) in [7, 11) is 0. The number of amides is 1. The maximum absolute atomic E-state index is 12.9. The van der Waals surface area contributed by atoms with E-state index < -0.39 is 0 Å². The molecule has 0 atom stereocenters. The van der Waals surface area contributed by atoms with Gasteiger partial charge in [0.1, 0.15) is 4.83 Å². The second-order valence-electron chi connectivity index (χ2n) is 5.60. The second-order valence-corrected chi connectivity index (χ2v) is 7.63. The normalized spacial score (nSPS) is 13.5. The lowest BCUT2D eigenvalue weighted by Gasteiger charge is -2.12. The van der Waals surface area contributed by atoms with Crippen LogP contribution < -0.4 is 10.9 Å². The summed E-state index contributed by atoms with van der Waals surface area (Å²) in [6.45, 7) is 2.68. The highest BCUT2D eigenvalue weighted by Crippen LogP contribution is 2.34. The Morgan fingerprint density at radius 3 is 3.00 bits per heavy atom. The first kappa shape index (κ1) is 17.1. The molecule has 2 aromatic heterocycles. The minimum atomic E-state index is -0.152. The third kappa shape index (κ3) is 3.21. The van der Waals surface area contributed by atoms with Crippen molar-refractivity contribution in [2.75, 3.05) is 12.3 Å². The monoisotopic (exact) mass is 361 g/mol. The molecule has 0 aromatic carbocycles. The highest BCUT2D eigenvalue weighted by molar-refractivity contribution is 7.99. The molecule has 0 bridgehead atoms. The summed E-state index contributed by atoms with van der Waals surface area (Å²) in [5.41, 5.74) is 1.22. The number of carbonyl (C=O) groups excluding carboxylic acids is 1. The molecule has 126 valence electrons. The number of thioether (sulfide) groups is 1. The van der Waals surface area contributed by atoms with E-state index in [0.717, 1.165) is 29.5 Å². The zero-order valence-electron chi connectivity index (χ0n) is 13.6. The predicted octanol–water partition coefficient (Wildman–Crippen LogP) is 2.20. The first-order valence-electron chi connectivity index (χ1n) is 8.03. The number of aryl methyl sites for hydroxylation is 2. The molecule has 1 amide bonds. The summed E-state index contributed by atoms with van der Waals surface area (Å²) >= 11 is 2.91. The maximum Gasteiger partial charge on any atom is 0.263 e. The Labute approximate surface area is 148 Å². The van der Waals surface area contributed by atoms with Crippen LogP contribution in [0.2, 0.25) is 0 Å². The quantitative estimate of drug-likeness (QED) is 0.504. The number of terminal acetylenes is 1. The van der Waals surface area contributed by atoms with Crippen LogP contribution in [-0.4, -0.2) is 27.8 Å². The fourth-order valence-corrected chi connectivity index (χ4v) is 5.14. The minimum absolute atomic E-state index is 0.0217. The number of hydrogen-bond donors (Lipinski definition) is 1. The maximum atomic E-state index is 12.9. The van der Waals surface area contributed by atoms with E-state index in [-0.39, 0.29) is 23.8 Å². The highest BCUT2D eigenvalue weighted by atomic mass is 32.2. The van der Waals surface area contributed by atoms with Gasteiger partial charge in [-0.25, -0.2) is 4.98 Å². The van der Waals surface area contributed by atoms with Crippen LogP contribution >= 0.6 is 23.1 Å². The van der Waals surface area contributed by atoms with Crippen LogP contribution in [0.5, 0.6) is 0 Å². The number of thiophene rings is 1. The van der Waals surface area contributed by atoms with E-state index in [1.807, 2.05) is 6.92 Å². The summed E-state index contributed by atoms with van der Waals surface area (Å²) in [6, 6.07) is 0. The molecule has 1 aliphatic carbocycles. The number of nitrogens with one attached hydrogen (secondary N) is 1. The van der Waals surface area contributed by atoms with Gasteiger partial charge >= 0.3 is 0 Å². The molecule has 0 saturated carbocycles. The van der Waals surface area contributed by atoms with Crippen molar-refractivity contribution in [3.8, 4) is 12.3 Å². The molecule has 0 spiro atoms. The number of hydrogen-bond acceptors (Lipinski definition) is 5. The molecule has 0 aliphatic heterocycles. The first-order chi connectivity index (χ1) is 11.7. The van der Waals surface area contributed by atoms with Crippen LogP contribution in [0, 0.1) is 12.3 Å². The van der Waals surface area contributed by atoms with Crippen molar-refractivity contribution in [3.63, 3.8) is 0 Å². The van der Waals surface area contributed by atoms with Gasteiger partial charge in [0.15, 0.2) is 5.16 Å². The van der Waals surface area contributed by atoms with Crippen LogP contribution in [0.1, 0.15) is 30.2 Å². The summed E-state index contributed by atoms with van der Waals surface area (Å²) in [6.07, 6.45) is 9.46. The molecule has 2 heterocycles. The topological polar surface area (TPSA) is 64.0 Å². The Morgan fingerprint density at radius 2 is 2.25 bits per heavy atom. The lowest BCUT2D eigenvalue weighted by Crippen LogP contribution is -2.27. The molecule has 24 heavy (non-hydrogen) atoms. The zero-order chi connectivity index (χ0) is 17.1. The number of rotatable bonds is 5. The summed E-state index contributed by atoms with van der Waals surface area (Å²) in [5.74, 6) is 2.42. The largest absolute Gasteiger partial charge is 0.344 e. The van der Waals surface area contributed by atoms with Gasteiger partial charge in [0.25, 0.3) is 5.56 Å². The van der Waals surface area contributed by atoms with Crippen LogP contribution in [0.15, 0.2) is 9.95 Å². The lowest BCUT2D eigenvalue weighted by molar-refractivity contribution is -0.118. The summed E-state index contributed by atoms with van der Waals surface area (Å²) < 4.78 is 1.67. The summed E-state index contributed by atoms with van der Waals surface area (Å²) in [5, 5.41) is 4.01. The van der Waals surface area contributed by atoms with Crippen molar-refractivity contribution in [1.82, 2.24) is 14.9 Å². The van der Waals surface area contributed by atoms with E-state index >= 15 is 0 Å². The molecule has 5 nitrogen and oxygen atoms in total. The van der Waals surface area contributed by atoms with E-state index in [9.17, 15) is 9.59 Å². The molecule has 1 aliphatic rings. The van der Waals surface area contributed by atoms with Gasteiger partial charge in [-0.05, 0) is 38.2 Å². The number of nitrogens with zero attached hydrogens (tertiary/aromatic N) is 2. The fraction of sp³-hybridized carbons (Fsp3) is 0.471. The molecule has 7 heteroatoms. The second kappa shape index (κ2) is 7.41. The molecule has 1 N–H and O–H groups in total. The smallest absolute Gasteiger partial charge is 0.263 e. The Balaban J connectivity index is 1.95. The van der Waals surface area contributed by atoms with E-state index in [1.54, 1.807) is 15.9 Å². The molecule has 0 fully saturated rings. The van der Waals surface area contributed by atoms with Crippen molar-refractivity contribution in [3.05, 3.63) is 20.8 Å². The fourth-order valence-electron chi connectivity index (χ4n) is 2.94. The van der Waals surface area contributed by atoms with Crippen LogP contribution in [0.25, 0.3) is 10.2 Å². The van der Waals surface area contributed by atoms with Crippen molar-refractivity contribution < 1.29 is 4.79 Å². The first-order valence-corrected chi connectivity index (χ1v) is 9.84. The molecular weight excluding hydrogens is 342 g/mol. The van der Waals surface area contributed by atoms with Gasteiger partial charge in [0, 0.05) is 11.4 Å². The molecule has 0 radical (unpaired) electrons.